The average Bonchev–Trinajstić information content (AvgIpc) is 3.51. The number of aromatic nitrogens is 1. The van der Waals surface area contributed by atoms with Crippen molar-refractivity contribution in [3.8, 4) is 11.4 Å². The quantitative estimate of drug-likeness (QED) is 0.308. The lowest BCUT2D eigenvalue weighted by Gasteiger charge is -2.38. The first-order valence-electron chi connectivity index (χ1n) is 14.1. The SMILES string of the molecule is COc1c(N2CCN(c3ccc(Cl)cc3)CC2)c(F)cc2c(=O)c(C(=O)O)cn(-c3ccc(CN4CCCC4)cc3)c12. The van der Waals surface area contributed by atoms with Gasteiger partial charge in [-0.05, 0) is 74.0 Å². The minimum absolute atomic E-state index is 0.0473. The predicted molar refractivity (Wildman–Crippen MR) is 163 cm³/mol. The fourth-order valence-corrected chi connectivity index (χ4v) is 6.19. The van der Waals surface area contributed by atoms with Gasteiger partial charge < -0.3 is 24.2 Å². The van der Waals surface area contributed by atoms with E-state index in [2.05, 4.69) is 9.80 Å². The monoisotopic (exact) mass is 590 g/mol. The molecule has 6 rings (SSSR count). The Labute approximate surface area is 248 Å². The number of hydrogen-bond donors (Lipinski definition) is 1. The van der Waals surface area contributed by atoms with Crippen molar-refractivity contribution in [2.45, 2.75) is 19.4 Å². The number of methoxy groups -OCH3 is 1. The largest absolute Gasteiger partial charge is 0.492 e. The van der Waals surface area contributed by atoms with Crippen molar-refractivity contribution in [1.29, 1.82) is 0 Å². The van der Waals surface area contributed by atoms with Crippen LogP contribution in [0.4, 0.5) is 15.8 Å². The number of aromatic carboxylic acids is 1. The smallest absolute Gasteiger partial charge is 0.341 e. The summed E-state index contributed by atoms with van der Waals surface area (Å²) in [5.74, 6) is -1.81. The predicted octanol–water partition coefficient (Wildman–Crippen LogP) is 5.41. The average molecular weight is 591 g/mol. The van der Waals surface area contributed by atoms with Crippen molar-refractivity contribution in [3.63, 3.8) is 0 Å². The Morgan fingerprint density at radius 1 is 0.929 bits per heavy atom. The van der Waals surface area contributed by atoms with Crippen LogP contribution in [0.15, 0.2) is 65.6 Å². The minimum atomic E-state index is -1.37. The molecule has 0 bridgehead atoms. The fourth-order valence-electron chi connectivity index (χ4n) is 6.06. The van der Waals surface area contributed by atoms with Crippen LogP contribution in [0.1, 0.15) is 28.8 Å². The molecule has 0 radical (unpaired) electrons. The summed E-state index contributed by atoms with van der Waals surface area (Å²) >= 11 is 6.05. The Morgan fingerprint density at radius 2 is 1.55 bits per heavy atom. The second kappa shape index (κ2) is 11.7. The van der Waals surface area contributed by atoms with Gasteiger partial charge in [-0.2, -0.15) is 0 Å². The highest BCUT2D eigenvalue weighted by atomic mass is 35.5. The number of benzene rings is 3. The van der Waals surface area contributed by atoms with Crippen molar-refractivity contribution < 1.29 is 19.0 Å². The molecule has 42 heavy (non-hydrogen) atoms. The molecule has 218 valence electrons. The maximum atomic E-state index is 15.9. The molecule has 1 N–H and O–H groups in total. The zero-order valence-electron chi connectivity index (χ0n) is 23.4. The third-order valence-corrected chi connectivity index (χ3v) is 8.46. The Bertz CT molecular complexity index is 1680. The molecule has 2 aliphatic heterocycles. The van der Waals surface area contributed by atoms with Crippen LogP contribution in [-0.2, 0) is 6.54 Å². The highest BCUT2D eigenvalue weighted by Crippen LogP contribution is 2.40. The number of hydrogen-bond acceptors (Lipinski definition) is 6. The molecule has 3 heterocycles. The third kappa shape index (κ3) is 5.30. The normalized spacial score (nSPS) is 15.9. The molecule has 0 aliphatic carbocycles. The topological polar surface area (TPSA) is 78.2 Å². The number of ether oxygens (including phenoxy) is 1. The molecular weight excluding hydrogens is 559 g/mol. The number of pyridine rings is 1. The Kier molecular flexibility index (Phi) is 7.79. The van der Waals surface area contributed by atoms with Crippen LogP contribution >= 0.6 is 11.6 Å². The molecule has 2 fully saturated rings. The maximum absolute atomic E-state index is 15.9. The molecule has 0 amide bonds. The lowest BCUT2D eigenvalue weighted by molar-refractivity contribution is 0.0695. The third-order valence-electron chi connectivity index (χ3n) is 8.21. The van der Waals surface area contributed by atoms with Gasteiger partial charge in [-0.3, -0.25) is 9.69 Å². The van der Waals surface area contributed by atoms with E-state index in [0.717, 1.165) is 37.0 Å². The van der Waals surface area contributed by atoms with Gasteiger partial charge in [-0.15, -0.1) is 0 Å². The van der Waals surface area contributed by atoms with Gasteiger partial charge in [0.1, 0.15) is 16.8 Å². The summed E-state index contributed by atoms with van der Waals surface area (Å²) in [5.41, 5.74) is 2.22. The molecule has 2 saturated heterocycles. The van der Waals surface area contributed by atoms with Crippen molar-refractivity contribution >= 4 is 39.8 Å². The number of fused-ring (bicyclic) bond motifs is 1. The summed E-state index contributed by atoms with van der Waals surface area (Å²) in [4.78, 5) is 31.9. The van der Waals surface area contributed by atoms with Gasteiger partial charge in [0.05, 0.1) is 12.5 Å². The first-order valence-corrected chi connectivity index (χ1v) is 14.5. The van der Waals surface area contributed by atoms with Crippen molar-refractivity contribution in [1.82, 2.24) is 9.47 Å². The lowest BCUT2D eigenvalue weighted by atomic mass is 10.1. The minimum Gasteiger partial charge on any atom is -0.492 e. The number of halogens is 2. The zero-order valence-corrected chi connectivity index (χ0v) is 24.1. The van der Waals surface area contributed by atoms with Crippen LogP contribution in [0.2, 0.25) is 5.02 Å². The van der Waals surface area contributed by atoms with E-state index >= 15 is 4.39 Å². The van der Waals surface area contributed by atoms with Crippen molar-refractivity contribution in [2.24, 2.45) is 0 Å². The number of carboxylic acid groups (broad SMARTS) is 1. The molecule has 2 aliphatic rings. The summed E-state index contributed by atoms with van der Waals surface area (Å²) in [7, 11) is 1.45. The summed E-state index contributed by atoms with van der Waals surface area (Å²) in [5, 5.41) is 10.4. The number of carboxylic acids is 1. The van der Waals surface area contributed by atoms with Gasteiger partial charge in [0.25, 0.3) is 0 Å². The van der Waals surface area contributed by atoms with E-state index in [4.69, 9.17) is 16.3 Å². The molecule has 8 nitrogen and oxygen atoms in total. The lowest BCUT2D eigenvalue weighted by Crippen LogP contribution is -2.47. The van der Waals surface area contributed by atoms with Crippen molar-refractivity contribution in [2.75, 3.05) is 56.2 Å². The summed E-state index contributed by atoms with van der Waals surface area (Å²) in [6.07, 6.45) is 3.72. The van der Waals surface area contributed by atoms with E-state index in [1.54, 1.807) is 4.57 Å². The summed E-state index contributed by atoms with van der Waals surface area (Å²) in [6.45, 7) is 5.32. The van der Waals surface area contributed by atoms with Crippen LogP contribution in [0, 0.1) is 5.82 Å². The number of anilines is 2. The van der Waals surface area contributed by atoms with Gasteiger partial charge in [0.2, 0.25) is 5.43 Å². The number of nitrogens with zero attached hydrogens (tertiary/aromatic N) is 4. The number of carbonyl (C=O) groups is 1. The van der Waals surface area contributed by atoms with Gasteiger partial charge in [-0.25, -0.2) is 9.18 Å². The van der Waals surface area contributed by atoms with E-state index in [0.29, 0.717) is 42.4 Å². The molecule has 10 heteroatoms. The first-order chi connectivity index (χ1) is 20.3. The standard InChI is InChI=1S/C32H32ClFN4O4/c1-42-31-28-25(18-27(34)29(31)37-16-14-36(15-17-37)23-10-6-22(33)7-11-23)30(39)26(32(40)41)20-38(28)24-8-4-21(5-9-24)19-35-12-2-3-13-35/h4-11,18,20H,2-3,12-17,19H2,1H3,(H,40,41). The molecule has 3 aromatic carbocycles. The van der Waals surface area contributed by atoms with Crippen molar-refractivity contribution in [3.05, 3.63) is 93.0 Å². The summed E-state index contributed by atoms with van der Waals surface area (Å²) in [6, 6.07) is 16.6. The number of likely N-dealkylation sites (tertiary alicyclic amines) is 1. The Balaban J connectivity index is 1.41. The van der Waals surface area contributed by atoms with Crippen LogP contribution in [-0.4, -0.2) is 66.9 Å². The van der Waals surface area contributed by atoms with Gasteiger partial charge in [0, 0.05) is 55.3 Å². The highest BCUT2D eigenvalue weighted by Gasteiger charge is 2.28. The number of rotatable bonds is 7. The van der Waals surface area contributed by atoms with E-state index in [1.807, 2.05) is 53.4 Å². The molecule has 0 unspecified atom stereocenters. The van der Waals surface area contributed by atoms with Crippen LogP contribution < -0.4 is 20.0 Å². The second-order valence-electron chi connectivity index (χ2n) is 10.8. The Morgan fingerprint density at radius 3 is 2.17 bits per heavy atom. The van der Waals surface area contributed by atoms with Crippen LogP contribution in [0.3, 0.4) is 0 Å². The molecule has 0 saturated carbocycles. The zero-order chi connectivity index (χ0) is 29.4. The molecule has 0 atom stereocenters. The Hall–Kier alpha value is -4.08. The van der Waals surface area contributed by atoms with E-state index in [-0.39, 0.29) is 16.8 Å². The summed E-state index contributed by atoms with van der Waals surface area (Å²) < 4.78 is 23.3. The molecule has 0 spiro atoms. The number of piperazine rings is 1. The first kappa shape index (κ1) is 28.1. The second-order valence-corrected chi connectivity index (χ2v) is 11.2. The molecule has 4 aromatic rings. The van der Waals surface area contributed by atoms with E-state index in [9.17, 15) is 14.7 Å². The van der Waals surface area contributed by atoms with E-state index < -0.39 is 22.8 Å². The van der Waals surface area contributed by atoms with Crippen LogP contribution in [0.5, 0.6) is 5.75 Å². The maximum Gasteiger partial charge on any atom is 0.341 e. The molecular formula is C32H32ClFN4O4. The van der Waals surface area contributed by atoms with E-state index in [1.165, 1.54) is 26.1 Å². The highest BCUT2D eigenvalue weighted by molar-refractivity contribution is 6.30. The van der Waals surface area contributed by atoms with Crippen LogP contribution in [0.25, 0.3) is 16.6 Å². The van der Waals surface area contributed by atoms with Gasteiger partial charge in [-0.1, -0.05) is 23.7 Å². The molecule has 1 aromatic heterocycles. The fraction of sp³-hybridized carbons (Fsp3) is 0.312. The van der Waals surface area contributed by atoms with Gasteiger partial charge in [0.15, 0.2) is 11.6 Å². The van der Waals surface area contributed by atoms with Gasteiger partial charge >= 0.3 is 5.97 Å².